The molecule has 18 heavy (non-hydrogen) atoms. The molecule has 0 aliphatic carbocycles. The van der Waals surface area contributed by atoms with Crippen molar-refractivity contribution in [1.82, 2.24) is 5.32 Å². The first-order valence-corrected chi connectivity index (χ1v) is 5.70. The highest BCUT2D eigenvalue weighted by atomic mass is 16.4. The van der Waals surface area contributed by atoms with E-state index in [4.69, 9.17) is 5.11 Å². The molecular formula is C13H19NO4. The molecule has 1 rings (SSSR count). The highest BCUT2D eigenvalue weighted by Crippen LogP contribution is 2.22. The lowest BCUT2D eigenvalue weighted by Gasteiger charge is -2.23. The summed E-state index contributed by atoms with van der Waals surface area (Å²) in [5, 5.41) is 31.3. The van der Waals surface area contributed by atoms with Crippen molar-refractivity contribution in [2.45, 2.75) is 32.4 Å². The Bertz CT molecular complexity index is 437. The topological polar surface area (TPSA) is 89.8 Å². The van der Waals surface area contributed by atoms with E-state index in [0.717, 1.165) is 0 Å². The monoisotopic (exact) mass is 253 g/mol. The van der Waals surface area contributed by atoms with Crippen molar-refractivity contribution < 1.29 is 20.1 Å². The van der Waals surface area contributed by atoms with Gasteiger partial charge in [-0.05, 0) is 38.5 Å². The fourth-order valence-electron chi connectivity index (χ4n) is 1.45. The summed E-state index contributed by atoms with van der Waals surface area (Å²) in [6.07, 6.45) is -0.817. The molecule has 0 radical (unpaired) electrons. The van der Waals surface area contributed by atoms with Gasteiger partial charge in [0.05, 0.1) is 6.10 Å². The fraction of sp³-hybridized carbons (Fsp3) is 0.462. The predicted octanol–water partition coefficient (Wildman–Crippen LogP) is 1.51. The second-order valence-electron chi connectivity index (χ2n) is 5.23. The molecule has 0 bridgehead atoms. The molecule has 0 saturated carbocycles. The van der Waals surface area contributed by atoms with E-state index in [0.29, 0.717) is 12.1 Å². The highest BCUT2D eigenvalue weighted by molar-refractivity contribution is 5.90. The second-order valence-corrected chi connectivity index (χ2v) is 5.23. The molecule has 0 amide bonds. The number of benzene rings is 1. The second kappa shape index (κ2) is 5.37. The SMILES string of the molecule is CC(C)(C)NC[C@@H](O)c1ccc(O)c(C(=O)O)c1. The van der Waals surface area contributed by atoms with Gasteiger partial charge >= 0.3 is 5.97 Å². The third kappa shape index (κ3) is 4.01. The Morgan fingerprint density at radius 3 is 2.50 bits per heavy atom. The van der Waals surface area contributed by atoms with Gasteiger partial charge in [0, 0.05) is 12.1 Å². The number of aromatic carboxylic acids is 1. The number of hydrogen-bond acceptors (Lipinski definition) is 4. The smallest absolute Gasteiger partial charge is 0.339 e. The average Bonchev–Trinajstić information content (AvgIpc) is 2.25. The molecule has 0 saturated heterocycles. The van der Waals surface area contributed by atoms with E-state index in [9.17, 15) is 15.0 Å². The first-order chi connectivity index (χ1) is 8.20. The van der Waals surface area contributed by atoms with Gasteiger partial charge in [-0.25, -0.2) is 4.79 Å². The maximum absolute atomic E-state index is 10.9. The third-order valence-corrected chi connectivity index (χ3v) is 2.46. The molecule has 5 heteroatoms. The molecule has 1 aromatic carbocycles. The Morgan fingerprint density at radius 2 is 2.00 bits per heavy atom. The van der Waals surface area contributed by atoms with Crippen LogP contribution >= 0.6 is 0 Å². The Labute approximate surface area is 106 Å². The largest absolute Gasteiger partial charge is 0.507 e. The molecule has 0 spiro atoms. The van der Waals surface area contributed by atoms with Crippen molar-refractivity contribution >= 4 is 5.97 Å². The van der Waals surface area contributed by atoms with E-state index in [1.165, 1.54) is 18.2 Å². The maximum atomic E-state index is 10.9. The number of β-amino-alcohol motifs (C(OH)–C–C–N with tert-alkyl or cyclic N) is 1. The van der Waals surface area contributed by atoms with E-state index in [1.54, 1.807) is 0 Å². The van der Waals surface area contributed by atoms with Crippen molar-refractivity contribution in [1.29, 1.82) is 0 Å². The van der Waals surface area contributed by atoms with Gasteiger partial charge in [-0.3, -0.25) is 0 Å². The van der Waals surface area contributed by atoms with Crippen LogP contribution in [-0.2, 0) is 0 Å². The predicted molar refractivity (Wildman–Crippen MR) is 67.8 cm³/mol. The molecular weight excluding hydrogens is 234 g/mol. The van der Waals surface area contributed by atoms with Crippen molar-refractivity contribution in [3.05, 3.63) is 29.3 Å². The summed E-state index contributed by atoms with van der Waals surface area (Å²) in [7, 11) is 0. The number of carboxylic acid groups (broad SMARTS) is 1. The summed E-state index contributed by atoms with van der Waals surface area (Å²) in [6.45, 7) is 6.23. The zero-order valence-corrected chi connectivity index (χ0v) is 10.8. The summed E-state index contributed by atoms with van der Waals surface area (Å²) >= 11 is 0. The Morgan fingerprint density at radius 1 is 1.39 bits per heavy atom. The van der Waals surface area contributed by atoms with Gasteiger partial charge in [-0.1, -0.05) is 6.07 Å². The van der Waals surface area contributed by atoms with Crippen LogP contribution in [0.5, 0.6) is 5.75 Å². The van der Waals surface area contributed by atoms with Crippen molar-refractivity contribution in [2.75, 3.05) is 6.54 Å². The average molecular weight is 253 g/mol. The number of aliphatic hydroxyl groups excluding tert-OH is 1. The molecule has 100 valence electrons. The molecule has 0 fully saturated rings. The number of aliphatic hydroxyl groups is 1. The summed E-state index contributed by atoms with van der Waals surface area (Å²) in [6, 6.07) is 4.07. The van der Waals surface area contributed by atoms with Crippen LogP contribution < -0.4 is 5.32 Å². The summed E-state index contributed by atoms with van der Waals surface area (Å²) in [5.74, 6) is -1.52. The lowest BCUT2D eigenvalue weighted by Crippen LogP contribution is -2.38. The molecule has 5 nitrogen and oxygen atoms in total. The van der Waals surface area contributed by atoms with Gasteiger partial charge in [0.1, 0.15) is 11.3 Å². The van der Waals surface area contributed by atoms with Gasteiger partial charge in [0.25, 0.3) is 0 Å². The van der Waals surface area contributed by atoms with Crippen molar-refractivity contribution in [3.8, 4) is 5.75 Å². The van der Waals surface area contributed by atoms with Crippen molar-refractivity contribution in [3.63, 3.8) is 0 Å². The number of rotatable bonds is 4. The van der Waals surface area contributed by atoms with Crippen LogP contribution in [0.25, 0.3) is 0 Å². The van der Waals surface area contributed by atoms with Crippen LogP contribution in [0, 0.1) is 0 Å². The zero-order valence-electron chi connectivity index (χ0n) is 10.8. The van der Waals surface area contributed by atoms with E-state index in [2.05, 4.69) is 5.32 Å². The molecule has 0 aromatic heterocycles. The number of carbonyl (C=O) groups is 1. The lowest BCUT2D eigenvalue weighted by molar-refractivity contribution is 0.0693. The van der Waals surface area contributed by atoms with Gasteiger partial charge in [-0.2, -0.15) is 0 Å². The molecule has 0 unspecified atom stereocenters. The first kappa shape index (κ1) is 14.5. The van der Waals surface area contributed by atoms with Crippen LogP contribution in [0.1, 0.15) is 42.8 Å². The standard InChI is InChI=1S/C13H19NO4/c1-13(2,3)14-7-11(16)8-4-5-10(15)9(6-8)12(17)18/h4-6,11,14-16H,7H2,1-3H3,(H,17,18)/t11-/m1/s1. The van der Waals surface area contributed by atoms with Crippen LogP contribution in [0.3, 0.4) is 0 Å². The highest BCUT2D eigenvalue weighted by Gasteiger charge is 2.16. The molecule has 1 aromatic rings. The van der Waals surface area contributed by atoms with Crippen LogP contribution in [-0.4, -0.2) is 33.4 Å². The van der Waals surface area contributed by atoms with Crippen LogP contribution in [0.15, 0.2) is 18.2 Å². The molecule has 0 heterocycles. The number of aromatic hydroxyl groups is 1. The minimum atomic E-state index is -1.22. The third-order valence-electron chi connectivity index (χ3n) is 2.46. The number of nitrogens with one attached hydrogen (secondary N) is 1. The van der Waals surface area contributed by atoms with Gasteiger partial charge in [0.15, 0.2) is 0 Å². The summed E-state index contributed by atoms with van der Waals surface area (Å²) < 4.78 is 0. The van der Waals surface area contributed by atoms with E-state index >= 15 is 0 Å². The molecule has 4 N–H and O–H groups in total. The molecule has 0 aliphatic rings. The van der Waals surface area contributed by atoms with Crippen LogP contribution in [0.4, 0.5) is 0 Å². The van der Waals surface area contributed by atoms with E-state index in [1.807, 2.05) is 20.8 Å². The lowest BCUT2D eigenvalue weighted by atomic mass is 10.0. The van der Waals surface area contributed by atoms with E-state index < -0.39 is 12.1 Å². The van der Waals surface area contributed by atoms with Crippen molar-refractivity contribution in [2.24, 2.45) is 0 Å². The maximum Gasteiger partial charge on any atom is 0.339 e. The number of hydrogen-bond donors (Lipinski definition) is 4. The van der Waals surface area contributed by atoms with E-state index in [-0.39, 0.29) is 16.9 Å². The molecule has 1 atom stereocenters. The molecule has 0 aliphatic heterocycles. The Balaban J connectivity index is 2.83. The summed E-state index contributed by atoms with van der Waals surface area (Å²) in [4.78, 5) is 10.9. The first-order valence-electron chi connectivity index (χ1n) is 5.70. The minimum absolute atomic E-state index is 0.131. The van der Waals surface area contributed by atoms with Gasteiger partial charge in [0.2, 0.25) is 0 Å². The Hall–Kier alpha value is -1.59. The summed E-state index contributed by atoms with van der Waals surface area (Å²) in [5.41, 5.74) is 0.123. The van der Waals surface area contributed by atoms with Gasteiger partial charge in [-0.15, -0.1) is 0 Å². The number of carboxylic acids is 1. The van der Waals surface area contributed by atoms with Gasteiger partial charge < -0.3 is 20.6 Å². The minimum Gasteiger partial charge on any atom is -0.507 e. The number of phenols is 1. The van der Waals surface area contributed by atoms with Crippen LogP contribution in [0.2, 0.25) is 0 Å². The normalized spacial score (nSPS) is 13.3. The Kier molecular flexibility index (Phi) is 4.32. The fourth-order valence-corrected chi connectivity index (χ4v) is 1.45. The quantitative estimate of drug-likeness (QED) is 0.653. The zero-order chi connectivity index (χ0) is 13.9.